The lowest BCUT2D eigenvalue weighted by Crippen LogP contribution is -1.76. The summed E-state index contributed by atoms with van der Waals surface area (Å²) in [6, 6.07) is 6.16. The summed E-state index contributed by atoms with van der Waals surface area (Å²) in [6.45, 7) is 5.55. The zero-order valence-corrected chi connectivity index (χ0v) is 8.77. The third-order valence-electron chi connectivity index (χ3n) is 1.73. The third kappa shape index (κ3) is 2.46. The van der Waals surface area contributed by atoms with Gasteiger partial charge >= 0.3 is 0 Å². The Morgan fingerprint density at radius 3 is 2.77 bits per heavy atom. The molecule has 0 N–H and O–H groups in total. The van der Waals surface area contributed by atoms with Crippen LogP contribution in [0.1, 0.15) is 12.5 Å². The summed E-state index contributed by atoms with van der Waals surface area (Å²) in [5.74, 6) is 0. The van der Waals surface area contributed by atoms with Gasteiger partial charge in [-0.1, -0.05) is 18.2 Å². The van der Waals surface area contributed by atoms with E-state index in [1.54, 1.807) is 11.8 Å². The van der Waals surface area contributed by atoms with E-state index in [1.165, 1.54) is 10.5 Å². The summed E-state index contributed by atoms with van der Waals surface area (Å²) in [7, 11) is 0. The molecule has 0 bridgehead atoms. The molecule has 0 aliphatic heterocycles. The Hall–Kier alpha value is -1.02. The summed E-state index contributed by atoms with van der Waals surface area (Å²) in [5.41, 5.74) is 2.17. The quantitative estimate of drug-likeness (QED) is 0.523. The largest absolute Gasteiger partial charge is 0.263 e. The highest BCUT2D eigenvalue weighted by Crippen LogP contribution is 2.28. The van der Waals surface area contributed by atoms with Crippen LogP contribution < -0.4 is 0 Å². The van der Waals surface area contributed by atoms with Crippen LogP contribution >= 0.6 is 11.8 Å². The molecule has 68 valence electrons. The van der Waals surface area contributed by atoms with E-state index in [1.807, 2.05) is 31.4 Å². The van der Waals surface area contributed by atoms with E-state index in [0.29, 0.717) is 0 Å². The molecule has 0 saturated carbocycles. The Balaban J connectivity index is 3.12. The molecule has 1 rings (SSSR count). The van der Waals surface area contributed by atoms with Gasteiger partial charge in [0.05, 0.1) is 5.69 Å². The molecular weight excluding hydrogens is 178 g/mol. The molecule has 13 heavy (non-hydrogen) atoms. The maximum atomic E-state index is 3.95. The fraction of sp³-hybridized carbons (Fsp3) is 0.182. The van der Waals surface area contributed by atoms with Gasteiger partial charge in [0.1, 0.15) is 0 Å². The molecule has 0 aromatic heterocycles. The molecule has 0 atom stereocenters. The fourth-order valence-corrected chi connectivity index (χ4v) is 1.72. The van der Waals surface area contributed by atoms with Gasteiger partial charge in [0.25, 0.3) is 0 Å². The SMILES string of the molecule is C=Nc1ccc(/C=C/C)cc1SC. The molecule has 0 radical (unpaired) electrons. The van der Waals surface area contributed by atoms with Crippen LogP contribution in [0.5, 0.6) is 0 Å². The van der Waals surface area contributed by atoms with E-state index in [9.17, 15) is 0 Å². The van der Waals surface area contributed by atoms with Crippen LogP contribution in [0.3, 0.4) is 0 Å². The molecule has 0 heterocycles. The predicted molar refractivity (Wildman–Crippen MR) is 62.1 cm³/mol. The van der Waals surface area contributed by atoms with Crippen LogP contribution in [0.4, 0.5) is 5.69 Å². The van der Waals surface area contributed by atoms with Gasteiger partial charge in [-0.25, -0.2) is 0 Å². The lowest BCUT2D eigenvalue weighted by Gasteiger charge is -2.02. The van der Waals surface area contributed by atoms with Crippen molar-refractivity contribution in [3.63, 3.8) is 0 Å². The lowest BCUT2D eigenvalue weighted by molar-refractivity contribution is 1.38. The van der Waals surface area contributed by atoms with Crippen molar-refractivity contribution in [1.29, 1.82) is 0 Å². The topological polar surface area (TPSA) is 12.4 Å². The summed E-state index contributed by atoms with van der Waals surface area (Å²) in [6.07, 6.45) is 6.15. The minimum atomic E-state index is 0.959. The van der Waals surface area contributed by atoms with Crippen LogP contribution in [0.15, 0.2) is 34.2 Å². The molecule has 0 amide bonds. The molecule has 0 fully saturated rings. The average Bonchev–Trinajstić information content (AvgIpc) is 2.18. The smallest absolute Gasteiger partial charge is 0.0758 e. The van der Waals surface area contributed by atoms with Gasteiger partial charge in [0.2, 0.25) is 0 Å². The maximum absolute atomic E-state index is 3.95. The first kappa shape index (κ1) is 10.1. The Labute approximate surface area is 83.6 Å². The van der Waals surface area contributed by atoms with Crippen molar-refractivity contribution in [3.8, 4) is 0 Å². The number of hydrogen-bond donors (Lipinski definition) is 0. The van der Waals surface area contributed by atoms with Crippen LogP contribution in [0.25, 0.3) is 6.08 Å². The minimum absolute atomic E-state index is 0.959. The van der Waals surface area contributed by atoms with Crippen LogP contribution in [-0.4, -0.2) is 13.0 Å². The Morgan fingerprint density at radius 2 is 2.23 bits per heavy atom. The normalized spacial score (nSPS) is 10.6. The number of hydrogen-bond acceptors (Lipinski definition) is 2. The highest BCUT2D eigenvalue weighted by Gasteiger charge is 1.98. The lowest BCUT2D eigenvalue weighted by atomic mass is 10.2. The average molecular weight is 191 g/mol. The summed E-state index contributed by atoms with van der Waals surface area (Å²) in [5, 5.41) is 0. The summed E-state index contributed by atoms with van der Waals surface area (Å²) >= 11 is 1.69. The van der Waals surface area contributed by atoms with Crippen LogP contribution in [0.2, 0.25) is 0 Å². The molecule has 1 nitrogen and oxygen atoms in total. The van der Waals surface area contributed by atoms with Gasteiger partial charge < -0.3 is 0 Å². The molecule has 2 heteroatoms. The van der Waals surface area contributed by atoms with Crippen molar-refractivity contribution in [1.82, 2.24) is 0 Å². The fourth-order valence-electron chi connectivity index (χ4n) is 1.12. The molecule has 0 unspecified atom stereocenters. The second-order valence-electron chi connectivity index (χ2n) is 2.59. The molecule has 0 aliphatic carbocycles. The van der Waals surface area contributed by atoms with E-state index in [2.05, 4.69) is 23.9 Å². The number of benzene rings is 1. The number of allylic oxidation sites excluding steroid dienone is 1. The predicted octanol–water partition coefficient (Wildman–Crippen LogP) is 3.77. The van der Waals surface area contributed by atoms with Crippen molar-refractivity contribution in [2.75, 3.05) is 6.26 Å². The standard InChI is InChI=1S/C11H13NS/c1-4-5-9-6-7-10(12-2)11(8-9)13-3/h4-8H,2H2,1,3H3/b5-4+. The molecular formula is C11H13NS. The van der Waals surface area contributed by atoms with Gasteiger partial charge in [-0.15, -0.1) is 11.8 Å². The van der Waals surface area contributed by atoms with Gasteiger partial charge in [-0.2, -0.15) is 0 Å². The zero-order valence-electron chi connectivity index (χ0n) is 7.95. The van der Waals surface area contributed by atoms with Gasteiger partial charge in [-0.3, -0.25) is 4.99 Å². The van der Waals surface area contributed by atoms with Gasteiger partial charge in [0, 0.05) is 4.90 Å². The zero-order chi connectivity index (χ0) is 9.68. The Kier molecular flexibility index (Phi) is 3.77. The van der Waals surface area contributed by atoms with Crippen molar-refractivity contribution in [2.24, 2.45) is 4.99 Å². The number of rotatable bonds is 3. The monoisotopic (exact) mass is 191 g/mol. The van der Waals surface area contributed by atoms with E-state index in [4.69, 9.17) is 0 Å². The highest BCUT2D eigenvalue weighted by molar-refractivity contribution is 7.98. The third-order valence-corrected chi connectivity index (χ3v) is 2.50. The molecule has 0 spiro atoms. The summed E-state index contributed by atoms with van der Waals surface area (Å²) in [4.78, 5) is 5.12. The second-order valence-corrected chi connectivity index (χ2v) is 3.44. The van der Waals surface area contributed by atoms with E-state index in [0.717, 1.165) is 5.69 Å². The first-order valence-electron chi connectivity index (χ1n) is 4.09. The molecule has 1 aromatic rings. The Bertz CT molecular complexity index is 329. The van der Waals surface area contributed by atoms with Crippen molar-refractivity contribution >= 4 is 30.2 Å². The molecule has 0 saturated heterocycles. The number of aliphatic imine (C=N–C) groups is 1. The molecule has 1 aromatic carbocycles. The van der Waals surface area contributed by atoms with Crippen molar-refractivity contribution in [3.05, 3.63) is 29.8 Å². The maximum Gasteiger partial charge on any atom is 0.0758 e. The number of thioether (sulfide) groups is 1. The first-order valence-corrected chi connectivity index (χ1v) is 5.31. The van der Waals surface area contributed by atoms with E-state index in [-0.39, 0.29) is 0 Å². The van der Waals surface area contributed by atoms with Crippen LogP contribution in [-0.2, 0) is 0 Å². The number of nitrogens with zero attached hydrogens (tertiary/aromatic N) is 1. The second kappa shape index (κ2) is 4.87. The summed E-state index contributed by atoms with van der Waals surface area (Å²) < 4.78 is 0. The molecule has 0 aliphatic rings. The van der Waals surface area contributed by atoms with Crippen LogP contribution in [0, 0.1) is 0 Å². The van der Waals surface area contributed by atoms with E-state index < -0.39 is 0 Å². The van der Waals surface area contributed by atoms with Crippen molar-refractivity contribution in [2.45, 2.75) is 11.8 Å². The Morgan fingerprint density at radius 1 is 1.46 bits per heavy atom. The highest BCUT2D eigenvalue weighted by atomic mass is 32.2. The van der Waals surface area contributed by atoms with E-state index >= 15 is 0 Å². The van der Waals surface area contributed by atoms with Gasteiger partial charge in [0.15, 0.2) is 0 Å². The van der Waals surface area contributed by atoms with Crippen molar-refractivity contribution < 1.29 is 0 Å². The first-order chi connectivity index (χ1) is 6.31. The van der Waals surface area contributed by atoms with Gasteiger partial charge in [-0.05, 0) is 37.6 Å². The minimum Gasteiger partial charge on any atom is -0.263 e.